The fourth-order valence-corrected chi connectivity index (χ4v) is 6.25. The second kappa shape index (κ2) is 14.4. The number of nitrogens with zero attached hydrogens (tertiary/aromatic N) is 2. The van der Waals surface area contributed by atoms with Crippen molar-refractivity contribution >= 4 is 21.8 Å². The Morgan fingerprint density at radius 1 is 0.977 bits per heavy atom. The molecule has 0 spiro atoms. The molecule has 43 heavy (non-hydrogen) atoms. The predicted octanol–water partition coefficient (Wildman–Crippen LogP) is 2.75. The van der Waals surface area contributed by atoms with Crippen molar-refractivity contribution < 1.29 is 41.4 Å². The van der Waals surface area contributed by atoms with Crippen LogP contribution in [-0.4, -0.2) is 79.8 Å². The highest BCUT2D eigenvalue weighted by molar-refractivity contribution is 7.89. The van der Waals surface area contributed by atoms with Gasteiger partial charge in [0.05, 0.1) is 23.6 Å². The van der Waals surface area contributed by atoms with E-state index in [2.05, 4.69) is 20.2 Å². The lowest BCUT2D eigenvalue weighted by Crippen LogP contribution is -2.60. The summed E-state index contributed by atoms with van der Waals surface area (Å²) in [6.07, 6.45) is -5.24. The van der Waals surface area contributed by atoms with Crippen LogP contribution >= 0.6 is 0 Å². The van der Waals surface area contributed by atoms with E-state index in [1.165, 1.54) is 0 Å². The highest BCUT2D eigenvalue weighted by Crippen LogP contribution is 2.42. The average molecular weight is 627 g/mol. The van der Waals surface area contributed by atoms with E-state index in [0.717, 1.165) is 33.1 Å². The number of halogens is 2. The second-order valence-corrected chi connectivity index (χ2v) is 13.2. The van der Waals surface area contributed by atoms with Crippen LogP contribution in [0.3, 0.4) is 0 Å². The Morgan fingerprint density at radius 3 is 2.23 bits per heavy atom. The lowest BCUT2D eigenvalue weighted by Gasteiger charge is -2.37. The van der Waals surface area contributed by atoms with Crippen LogP contribution in [-0.2, 0) is 26.0 Å². The topological polar surface area (TPSA) is 138 Å². The molecule has 0 saturated heterocycles. The van der Waals surface area contributed by atoms with Gasteiger partial charge in [-0.25, -0.2) is 13.4 Å². The highest BCUT2D eigenvalue weighted by atomic mass is 32.2. The Bertz CT molecular complexity index is 1360. The first kappa shape index (κ1) is 34.2. The molecule has 1 unspecified atom stereocenters. The molecule has 1 heterocycles. The van der Waals surface area contributed by atoms with Gasteiger partial charge in [-0.15, -0.1) is 8.78 Å². The zero-order valence-electron chi connectivity index (χ0n) is 24.9. The van der Waals surface area contributed by atoms with Crippen molar-refractivity contribution in [3.05, 3.63) is 54.1 Å². The number of hydrogen-bond donors (Lipinski definition) is 3. The number of hydrogen-bond acceptors (Lipinski definition) is 8. The van der Waals surface area contributed by atoms with Crippen molar-refractivity contribution in [2.75, 3.05) is 26.7 Å². The fourth-order valence-electron chi connectivity index (χ4n) is 4.61. The van der Waals surface area contributed by atoms with Crippen LogP contribution in [0.15, 0.2) is 53.4 Å². The number of ether oxygens (including phenoxy) is 2. The van der Waals surface area contributed by atoms with Crippen LogP contribution < -0.4 is 20.2 Å². The number of sulfonamides is 1. The Morgan fingerprint density at radius 2 is 1.63 bits per heavy atom. The molecule has 238 valence electrons. The molecule has 0 aromatic heterocycles. The van der Waals surface area contributed by atoms with Crippen molar-refractivity contribution in [3.8, 4) is 11.5 Å². The Labute approximate surface area is 251 Å². The van der Waals surface area contributed by atoms with Crippen LogP contribution in [0.1, 0.15) is 39.7 Å². The minimum Gasteiger partial charge on any atom is -0.395 e. The standard InChI is InChI=1S/C29H40F2N4O7S/c1-19(2)13-28(38)35(33-27(37)16-32-5)23(14-21-9-7-6-8-10-21)24(36)18-34(17-20(3)4)43(39,40)22-11-12-25-26(15-22)42-29(30,31)41-25/h6-12,15,19-20,23-24,32,36H,13-14,16-18H2,1-5H3,(H,33,37)/t23?,24-/m1/s1. The molecule has 1 aliphatic heterocycles. The van der Waals surface area contributed by atoms with Crippen LogP contribution in [0.4, 0.5) is 8.78 Å². The van der Waals surface area contributed by atoms with Gasteiger partial charge in [0.25, 0.3) is 5.91 Å². The van der Waals surface area contributed by atoms with Gasteiger partial charge in [-0.05, 0) is 43.0 Å². The van der Waals surface area contributed by atoms with Gasteiger partial charge in [0, 0.05) is 25.6 Å². The van der Waals surface area contributed by atoms with E-state index >= 15 is 0 Å². The summed E-state index contributed by atoms with van der Waals surface area (Å²) in [5.41, 5.74) is 3.34. The first-order chi connectivity index (χ1) is 20.1. The number of aliphatic hydroxyl groups is 1. The van der Waals surface area contributed by atoms with Crippen molar-refractivity contribution in [3.63, 3.8) is 0 Å². The molecule has 2 aromatic rings. The summed E-state index contributed by atoms with van der Waals surface area (Å²) in [5.74, 6) is -1.97. The van der Waals surface area contributed by atoms with Gasteiger partial charge in [-0.2, -0.15) is 4.31 Å². The first-order valence-electron chi connectivity index (χ1n) is 14.0. The van der Waals surface area contributed by atoms with Gasteiger partial charge >= 0.3 is 6.29 Å². The van der Waals surface area contributed by atoms with Crippen molar-refractivity contribution in [1.29, 1.82) is 0 Å². The third kappa shape index (κ3) is 9.33. The Balaban J connectivity index is 2.00. The molecule has 1 aliphatic rings. The molecule has 2 aromatic carbocycles. The molecule has 14 heteroatoms. The first-order valence-corrected chi connectivity index (χ1v) is 15.4. The summed E-state index contributed by atoms with van der Waals surface area (Å²) in [7, 11) is -2.79. The van der Waals surface area contributed by atoms with E-state index in [1.807, 2.05) is 19.9 Å². The molecule has 0 radical (unpaired) electrons. The van der Waals surface area contributed by atoms with E-state index in [1.54, 1.807) is 45.2 Å². The maximum absolute atomic E-state index is 13.8. The average Bonchev–Trinajstić information content (AvgIpc) is 3.23. The molecule has 0 aliphatic carbocycles. The number of alkyl halides is 2. The van der Waals surface area contributed by atoms with Gasteiger partial charge in [0.2, 0.25) is 15.9 Å². The third-order valence-corrected chi connectivity index (χ3v) is 8.30. The van der Waals surface area contributed by atoms with Crippen molar-refractivity contribution in [2.45, 2.75) is 63.9 Å². The smallest absolute Gasteiger partial charge is 0.395 e. The molecule has 11 nitrogen and oxygen atoms in total. The Hall–Kier alpha value is -3.33. The lowest BCUT2D eigenvalue weighted by molar-refractivity contribution is -0.286. The number of benzene rings is 2. The summed E-state index contributed by atoms with van der Waals surface area (Å²) in [5, 5.41) is 15.5. The fraction of sp³-hybridized carbons (Fsp3) is 0.517. The number of carbonyl (C=O) groups excluding carboxylic acids is 2. The molecular formula is C29H40F2N4O7S. The molecule has 2 amide bonds. The van der Waals surface area contributed by atoms with E-state index in [0.29, 0.717) is 0 Å². The minimum atomic E-state index is -4.36. The van der Waals surface area contributed by atoms with Gasteiger partial charge in [0.15, 0.2) is 11.5 Å². The molecule has 2 atom stereocenters. The van der Waals surface area contributed by atoms with Crippen molar-refractivity contribution in [2.24, 2.45) is 11.8 Å². The van der Waals surface area contributed by atoms with Gasteiger partial charge in [-0.3, -0.25) is 15.0 Å². The molecule has 3 N–H and O–H groups in total. The summed E-state index contributed by atoms with van der Waals surface area (Å²) < 4.78 is 64.7. The van der Waals surface area contributed by atoms with Gasteiger partial charge in [-0.1, -0.05) is 58.0 Å². The monoisotopic (exact) mass is 626 g/mol. The molecule has 3 rings (SSSR count). The number of fused-ring (bicyclic) bond motifs is 1. The number of rotatable bonds is 14. The quantitative estimate of drug-likeness (QED) is 0.273. The molecular weight excluding hydrogens is 586 g/mol. The van der Waals surface area contributed by atoms with Crippen LogP contribution in [0, 0.1) is 11.8 Å². The maximum Gasteiger partial charge on any atom is 0.586 e. The van der Waals surface area contributed by atoms with E-state index < -0.39 is 52.6 Å². The summed E-state index contributed by atoms with van der Waals surface area (Å²) in [6.45, 7) is 6.65. The zero-order chi connectivity index (χ0) is 31.9. The maximum atomic E-state index is 13.8. The van der Waals surface area contributed by atoms with Crippen LogP contribution in [0.2, 0.25) is 0 Å². The SMILES string of the molecule is CNCC(=O)NN(C(=O)CC(C)C)C(Cc1ccccc1)[C@H](O)CN(CC(C)C)S(=O)(=O)c1ccc2c(c1)OC(F)(F)O2. The number of carbonyl (C=O) groups is 2. The highest BCUT2D eigenvalue weighted by Gasteiger charge is 2.44. The molecule has 0 fully saturated rings. The van der Waals surface area contributed by atoms with E-state index in [-0.39, 0.29) is 48.4 Å². The minimum absolute atomic E-state index is 0.0336. The number of aliphatic hydroxyl groups excluding tert-OH is 1. The van der Waals surface area contributed by atoms with Crippen LogP contribution in [0.25, 0.3) is 0 Å². The van der Waals surface area contributed by atoms with Gasteiger partial charge in [0.1, 0.15) is 0 Å². The number of amides is 2. The predicted molar refractivity (Wildman–Crippen MR) is 155 cm³/mol. The van der Waals surface area contributed by atoms with Crippen molar-refractivity contribution in [1.82, 2.24) is 20.1 Å². The lowest BCUT2D eigenvalue weighted by atomic mass is 9.99. The number of nitrogens with one attached hydrogen (secondary N) is 2. The molecule has 0 saturated carbocycles. The van der Waals surface area contributed by atoms with Gasteiger partial charge < -0.3 is 19.9 Å². The molecule has 0 bridgehead atoms. The zero-order valence-corrected chi connectivity index (χ0v) is 25.7. The summed E-state index contributed by atoms with van der Waals surface area (Å²) in [6, 6.07) is 11.1. The van der Waals surface area contributed by atoms with E-state index in [4.69, 9.17) is 0 Å². The Kier molecular flexibility index (Phi) is 11.5. The normalized spacial score (nSPS) is 15.5. The third-order valence-electron chi connectivity index (χ3n) is 6.47. The van der Waals surface area contributed by atoms with Crippen LogP contribution in [0.5, 0.6) is 11.5 Å². The summed E-state index contributed by atoms with van der Waals surface area (Å²) in [4.78, 5) is 25.7. The number of hydrazine groups is 1. The van der Waals surface area contributed by atoms with E-state index in [9.17, 15) is 31.9 Å². The summed E-state index contributed by atoms with van der Waals surface area (Å²) >= 11 is 0. The largest absolute Gasteiger partial charge is 0.586 e. The second-order valence-electron chi connectivity index (χ2n) is 11.2. The number of likely N-dealkylation sites (N-methyl/N-ethyl adjacent to an activating group) is 1.